The molecule has 0 saturated heterocycles. The van der Waals surface area contributed by atoms with Gasteiger partial charge < -0.3 is 15.4 Å². The molecule has 1 heterocycles. The number of carbonyl (C=O) groups excluding carboxylic acids is 1. The summed E-state index contributed by atoms with van der Waals surface area (Å²) >= 11 is 0. The van der Waals surface area contributed by atoms with Crippen LogP contribution in [-0.4, -0.2) is 28.1 Å². The molecule has 6 heteroatoms. The van der Waals surface area contributed by atoms with Crippen LogP contribution in [0.1, 0.15) is 42.5 Å². The lowest BCUT2D eigenvalue weighted by Gasteiger charge is -2.32. The van der Waals surface area contributed by atoms with Crippen molar-refractivity contribution in [2.24, 2.45) is 0 Å². The zero-order valence-corrected chi connectivity index (χ0v) is 12.1. The zero-order chi connectivity index (χ0) is 15.7. The highest BCUT2D eigenvalue weighted by molar-refractivity contribution is 5.98. The maximum absolute atomic E-state index is 14.3. The second kappa shape index (κ2) is 5.68. The maximum atomic E-state index is 14.3. The lowest BCUT2D eigenvalue weighted by molar-refractivity contribution is 0.00521. The molecule has 1 aromatic heterocycles. The Morgan fingerprint density at radius 2 is 2.05 bits per heavy atom. The normalized spacial score (nSPS) is 17.6. The summed E-state index contributed by atoms with van der Waals surface area (Å²) in [4.78, 5) is 14.7. The van der Waals surface area contributed by atoms with Gasteiger partial charge in [0.25, 0.3) is 5.91 Å². The quantitative estimate of drug-likeness (QED) is 0.816. The first-order valence-electron chi connectivity index (χ1n) is 7.46. The lowest BCUT2D eigenvalue weighted by Crippen LogP contribution is -2.44. The topological polar surface area (TPSA) is 65.1 Å². The molecule has 1 fully saturated rings. The number of aliphatic hydroxyl groups is 1. The predicted octanol–water partition coefficient (Wildman–Crippen LogP) is 2.87. The van der Waals surface area contributed by atoms with Crippen molar-refractivity contribution in [3.8, 4) is 0 Å². The van der Waals surface area contributed by atoms with E-state index in [-0.39, 0.29) is 23.0 Å². The molecule has 1 aliphatic carbocycles. The summed E-state index contributed by atoms with van der Waals surface area (Å²) in [5.74, 6) is -2.15. The molecule has 3 rings (SSSR count). The average Bonchev–Trinajstić information content (AvgIpc) is 3.00. The van der Waals surface area contributed by atoms with Crippen molar-refractivity contribution in [1.82, 2.24) is 10.3 Å². The highest BCUT2D eigenvalue weighted by atomic mass is 19.1. The molecule has 0 bridgehead atoms. The van der Waals surface area contributed by atoms with Crippen LogP contribution in [0.3, 0.4) is 0 Å². The predicted molar refractivity (Wildman–Crippen MR) is 78.6 cm³/mol. The summed E-state index contributed by atoms with van der Waals surface area (Å²) in [7, 11) is 0. The number of benzene rings is 1. The molecule has 1 aromatic carbocycles. The number of amides is 1. The van der Waals surface area contributed by atoms with E-state index in [4.69, 9.17) is 0 Å². The average molecular weight is 308 g/mol. The molecule has 0 spiro atoms. The minimum absolute atomic E-state index is 0.0416. The van der Waals surface area contributed by atoms with Gasteiger partial charge in [-0.3, -0.25) is 4.79 Å². The van der Waals surface area contributed by atoms with Gasteiger partial charge in [0.1, 0.15) is 11.6 Å². The van der Waals surface area contributed by atoms with Crippen molar-refractivity contribution in [2.45, 2.75) is 37.7 Å². The van der Waals surface area contributed by atoms with Gasteiger partial charge in [0, 0.05) is 18.1 Å². The molecular formula is C16H18F2N2O2. The van der Waals surface area contributed by atoms with Crippen LogP contribution in [-0.2, 0) is 0 Å². The van der Waals surface area contributed by atoms with Crippen molar-refractivity contribution in [3.05, 3.63) is 35.5 Å². The summed E-state index contributed by atoms with van der Waals surface area (Å²) in [6, 6.07) is 2.27. The van der Waals surface area contributed by atoms with Gasteiger partial charge in [-0.05, 0) is 25.0 Å². The van der Waals surface area contributed by atoms with E-state index in [2.05, 4.69) is 10.3 Å². The highest BCUT2D eigenvalue weighted by Crippen LogP contribution is 2.28. The summed E-state index contributed by atoms with van der Waals surface area (Å²) in [5.41, 5.74) is -1.25. The second-order valence-corrected chi connectivity index (χ2v) is 5.95. The smallest absolute Gasteiger partial charge is 0.254 e. The Hall–Kier alpha value is -1.95. The van der Waals surface area contributed by atoms with Crippen LogP contribution in [0, 0.1) is 11.6 Å². The molecule has 0 unspecified atom stereocenters. The standard InChI is InChI=1S/C16H18F2N2O2/c17-12-8-11(13(18)10-4-7-19-14(10)12)15(21)20-9-16(22)5-2-1-3-6-16/h4,7-8,19,22H,1-3,5-6,9H2,(H,20,21). The van der Waals surface area contributed by atoms with Crippen molar-refractivity contribution in [1.29, 1.82) is 0 Å². The third-order valence-corrected chi connectivity index (χ3v) is 4.34. The number of aromatic amines is 1. The number of H-pyrrole nitrogens is 1. The third-order valence-electron chi connectivity index (χ3n) is 4.34. The van der Waals surface area contributed by atoms with E-state index in [9.17, 15) is 18.7 Å². The largest absolute Gasteiger partial charge is 0.388 e. The van der Waals surface area contributed by atoms with Gasteiger partial charge in [0.2, 0.25) is 0 Å². The molecular weight excluding hydrogens is 290 g/mol. The van der Waals surface area contributed by atoms with Crippen molar-refractivity contribution >= 4 is 16.8 Å². The van der Waals surface area contributed by atoms with Gasteiger partial charge in [-0.25, -0.2) is 8.78 Å². The lowest BCUT2D eigenvalue weighted by atomic mass is 9.85. The molecule has 22 heavy (non-hydrogen) atoms. The zero-order valence-electron chi connectivity index (χ0n) is 12.1. The molecule has 1 aliphatic rings. The van der Waals surface area contributed by atoms with E-state index >= 15 is 0 Å². The molecule has 0 aliphatic heterocycles. The van der Waals surface area contributed by atoms with E-state index in [0.717, 1.165) is 25.3 Å². The molecule has 1 saturated carbocycles. The number of halogens is 2. The number of fused-ring (bicyclic) bond motifs is 1. The van der Waals surface area contributed by atoms with E-state index in [1.807, 2.05) is 0 Å². The van der Waals surface area contributed by atoms with E-state index in [1.165, 1.54) is 12.3 Å². The molecule has 118 valence electrons. The SMILES string of the molecule is O=C(NCC1(O)CCCCC1)c1cc(F)c2[nH]ccc2c1F. The molecule has 3 N–H and O–H groups in total. The number of rotatable bonds is 3. The fourth-order valence-corrected chi connectivity index (χ4v) is 3.05. The number of hydrogen-bond acceptors (Lipinski definition) is 2. The van der Waals surface area contributed by atoms with Crippen molar-refractivity contribution in [2.75, 3.05) is 6.54 Å². The number of hydrogen-bond donors (Lipinski definition) is 3. The first kappa shape index (κ1) is 15.0. The van der Waals surface area contributed by atoms with Gasteiger partial charge in [0.05, 0.1) is 16.7 Å². The summed E-state index contributed by atoms with van der Waals surface area (Å²) < 4.78 is 28.1. The van der Waals surface area contributed by atoms with Crippen LogP contribution in [0.15, 0.2) is 18.3 Å². The number of aromatic nitrogens is 1. The first-order chi connectivity index (χ1) is 10.5. The molecule has 0 radical (unpaired) electrons. The number of carbonyl (C=O) groups is 1. The minimum atomic E-state index is -0.943. The Morgan fingerprint density at radius 3 is 2.77 bits per heavy atom. The van der Waals surface area contributed by atoms with E-state index in [0.29, 0.717) is 12.8 Å². The van der Waals surface area contributed by atoms with E-state index in [1.54, 1.807) is 0 Å². The summed E-state index contributed by atoms with van der Waals surface area (Å²) in [5, 5.41) is 12.9. The highest BCUT2D eigenvalue weighted by Gasteiger charge is 2.30. The monoisotopic (exact) mass is 308 g/mol. The van der Waals surface area contributed by atoms with Crippen LogP contribution in [0.2, 0.25) is 0 Å². The first-order valence-corrected chi connectivity index (χ1v) is 7.46. The van der Waals surface area contributed by atoms with Crippen LogP contribution in [0.25, 0.3) is 10.9 Å². The van der Waals surface area contributed by atoms with Crippen molar-refractivity contribution in [3.63, 3.8) is 0 Å². The van der Waals surface area contributed by atoms with Gasteiger partial charge >= 0.3 is 0 Å². The molecule has 4 nitrogen and oxygen atoms in total. The molecule has 0 atom stereocenters. The minimum Gasteiger partial charge on any atom is -0.388 e. The van der Waals surface area contributed by atoms with Gasteiger partial charge in [-0.1, -0.05) is 19.3 Å². The van der Waals surface area contributed by atoms with Crippen molar-refractivity contribution < 1.29 is 18.7 Å². The number of nitrogens with one attached hydrogen (secondary N) is 2. The van der Waals surface area contributed by atoms with Gasteiger partial charge in [-0.15, -0.1) is 0 Å². The second-order valence-electron chi connectivity index (χ2n) is 5.95. The molecule has 1 amide bonds. The van der Waals surface area contributed by atoms with Crippen LogP contribution >= 0.6 is 0 Å². The fraction of sp³-hybridized carbons (Fsp3) is 0.438. The van der Waals surface area contributed by atoms with Gasteiger partial charge in [-0.2, -0.15) is 0 Å². The Morgan fingerprint density at radius 1 is 1.32 bits per heavy atom. The molecule has 2 aromatic rings. The van der Waals surface area contributed by atoms with Crippen LogP contribution in [0.5, 0.6) is 0 Å². The third kappa shape index (κ3) is 2.70. The summed E-state index contributed by atoms with van der Waals surface area (Å²) in [6.45, 7) is 0.0536. The Balaban J connectivity index is 1.79. The van der Waals surface area contributed by atoms with E-state index < -0.39 is 23.1 Å². The Labute approximate surface area is 126 Å². The summed E-state index contributed by atoms with van der Waals surface area (Å²) in [6.07, 6.45) is 5.53. The fourth-order valence-electron chi connectivity index (χ4n) is 3.05. The maximum Gasteiger partial charge on any atom is 0.254 e. The van der Waals surface area contributed by atoms with Gasteiger partial charge in [0.15, 0.2) is 0 Å². The Kier molecular flexibility index (Phi) is 3.87. The Bertz CT molecular complexity index is 705. The van der Waals surface area contributed by atoms with Crippen LogP contribution in [0.4, 0.5) is 8.78 Å². The van der Waals surface area contributed by atoms with Crippen LogP contribution < -0.4 is 5.32 Å².